The zero-order valence-electron chi connectivity index (χ0n) is 9.66. The normalized spacial score (nSPS) is 13.2. The summed E-state index contributed by atoms with van der Waals surface area (Å²) in [6.45, 7) is 1.58. The molecule has 1 heterocycles. The lowest BCUT2D eigenvalue weighted by Gasteiger charge is -2.09. The molecule has 6 nitrogen and oxygen atoms in total. The maximum Gasteiger partial charge on any atom is 0.262 e. The summed E-state index contributed by atoms with van der Waals surface area (Å²) in [5.74, 6) is 0. The molecule has 0 spiro atoms. The SMILES string of the molecule is CC(O)c1cccc(S(=O)(=O)Nc2cn[nH]c2)c1. The van der Waals surface area contributed by atoms with Crippen LogP contribution in [0.15, 0.2) is 41.6 Å². The van der Waals surface area contributed by atoms with Gasteiger partial charge in [-0.25, -0.2) is 8.42 Å². The maximum absolute atomic E-state index is 12.0. The van der Waals surface area contributed by atoms with Gasteiger partial charge in [-0.1, -0.05) is 12.1 Å². The van der Waals surface area contributed by atoms with Crippen molar-refractivity contribution in [3.63, 3.8) is 0 Å². The fourth-order valence-corrected chi connectivity index (χ4v) is 2.55. The topological polar surface area (TPSA) is 95.1 Å². The number of sulfonamides is 1. The van der Waals surface area contributed by atoms with Crippen molar-refractivity contribution < 1.29 is 13.5 Å². The molecule has 96 valence electrons. The van der Waals surface area contributed by atoms with Gasteiger partial charge in [0.1, 0.15) is 0 Å². The van der Waals surface area contributed by atoms with Crippen LogP contribution in [-0.2, 0) is 10.0 Å². The minimum atomic E-state index is -3.66. The molecule has 18 heavy (non-hydrogen) atoms. The highest BCUT2D eigenvalue weighted by Crippen LogP contribution is 2.19. The van der Waals surface area contributed by atoms with Crippen LogP contribution in [0.4, 0.5) is 5.69 Å². The van der Waals surface area contributed by atoms with Crippen molar-refractivity contribution in [3.8, 4) is 0 Å². The minimum Gasteiger partial charge on any atom is -0.389 e. The number of aromatic amines is 1. The molecular formula is C11H13N3O3S. The van der Waals surface area contributed by atoms with E-state index in [2.05, 4.69) is 14.9 Å². The van der Waals surface area contributed by atoms with Crippen molar-refractivity contribution in [2.75, 3.05) is 4.72 Å². The van der Waals surface area contributed by atoms with Crippen LogP contribution in [0.5, 0.6) is 0 Å². The minimum absolute atomic E-state index is 0.0992. The monoisotopic (exact) mass is 267 g/mol. The fraction of sp³-hybridized carbons (Fsp3) is 0.182. The molecule has 2 rings (SSSR count). The predicted molar refractivity (Wildman–Crippen MR) is 66.5 cm³/mol. The summed E-state index contributed by atoms with van der Waals surface area (Å²) >= 11 is 0. The molecule has 0 radical (unpaired) electrons. The van der Waals surface area contributed by atoms with Gasteiger partial charge in [0.25, 0.3) is 10.0 Å². The molecule has 0 saturated heterocycles. The smallest absolute Gasteiger partial charge is 0.262 e. The fourth-order valence-electron chi connectivity index (χ4n) is 1.46. The molecule has 0 aliphatic heterocycles. The predicted octanol–water partition coefficient (Wildman–Crippen LogP) is 1.26. The summed E-state index contributed by atoms with van der Waals surface area (Å²) in [7, 11) is -3.66. The van der Waals surface area contributed by atoms with Crippen LogP contribution in [0.1, 0.15) is 18.6 Å². The van der Waals surface area contributed by atoms with Gasteiger partial charge in [0.05, 0.1) is 22.9 Å². The Kier molecular flexibility index (Phi) is 3.35. The van der Waals surface area contributed by atoms with E-state index in [1.807, 2.05) is 0 Å². The number of H-pyrrole nitrogens is 1. The van der Waals surface area contributed by atoms with Crippen molar-refractivity contribution in [2.45, 2.75) is 17.9 Å². The van der Waals surface area contributed by atoms with Crippen LogP contribution >= 0.6 is 0 Å². The molecule has 7 heteroatoms. The van der Waals surface area contributed by atoms with E-state index in [4.69, 9.17) is 0 Å². The molecule has 0 saturated carbocycles. The largest absolute Gasteiger partial charge is 0.389 e. The van der Waals surface area contributed by atoms with Crippen molar-refractivity contribution in [2.24, 2.45) is 0 Å². The molecule has 1 aromatic carbocycles. The number of rotatable bonds is 4. The maximum atomic E-state index is 12.0. The second-order valence-corrected chi connectivity index (χ2v) is 5.52. The van der Waals surface area contributed by atoms with Crippen molar-refractivity contribution >= 4 is 15.7 Å². The number of aliphatic hydroxyl groups excluding tert-OH is 1. The quantitative estimate of drug-likeness (QED) is 0.777. The Hall–Kier alpha value is -1.86. The van der Waals surface area contributed by atoms with E-state index < -0.39 is 16.1 Å². The first-order valence-electron chi connectivity index (χ1n) is 5.29. The zero-order valence-corrected chi connectivity index (χ0v) is 10.5. The third kappa shape index (κ3) is 2.69. The van der Waals surface area contributed by atoms with Crippen LogP contribution in [-0.4, -0.2) is 23.7 Å². The van der Waals surface area contributed by atoms with Crippen LogP contribution in [0.3, 0.4) is 0 Å². The van der Waals surface area contributed by atoms with E-state index in [0.717, 1.165) is 0 Å². The highest BCUT2D eigenvalue weighted by Gasteiger charge is 2.15. The molecule has 1 unspecified atom stereocenters. The molecule has 0 bridgehead atoms. The Balaban J connectivity index is 2.32. The highest BCUT2D eigenvalue weighted by molar-refractivity contribution is 7.92. The van der Waals surface area contributed by atoms with Crippen LogP contribution in [0, 0.1) is 0 Å². The first-order valence-corrected chi connectivity index (χ1v) is 6.77. The molecule has 1 atom stereocenters. The van der Waals surface area contributed by atoms with E-state index >= 15 is 0 Å². The number of nitrogens with one attached hydrogen (secondary N) is 2. The van der Waals surface area contributed by atoms with Crippen molar-refractivity contribution in [1.82, 2.24) is 10.2 Å². The standard InChI is InChI=1S/C11H13N3O3S/c1-8(15)9-3-2-4-11(5-9)18(16,17)14-10-6-12-13-7-10/h2-8,14-15H,1H3,(H,12,13). The Morgan fingerprint density at radius 3 is 2.83 bits per heavy atom. The lowest BCUT2D eigenvalue weighted by molar-refractivity contribution is 0.199. The van der Waals surface area contributed by atoms with Crippen LogP contribution < -0.4 is 4.72 Å². The van der Waals surface area contributed by atoms with Crippen LogP contribution in [0.25, 0.3) is 0 Å². The van der Waals surface area contributed by atoms with Crippen molar-refractivity contribution in [1.29, 1.82) is 0 Å². The summed E-state index contributed by atoms with van der Waals surface area (Å²) in [6, 6.07) is 6.16. The first-order chi connectivity index (χ1) is 8.49. The van der Waals surface area contributed by atoms with Gasteiger partial charge in [-0.3, -0.25) is 9.82 Å². The molecule has 3 N–H and O–H groups in total. The van der Waals surface area contributed by atoms with Gasteiger partial charge in [-0.2, -0.15) is 5.10 Å². The summed E-state index contributed by atoms with van der Waals surface area (Å²) < 4.78 is 26.5. The van der Waals surface area contributed by atoms with Gasteiger partial charge in [0, 0.05) is 6.20 Å². The van der Waals surface area contributed by atoms with Gasteiger partial charge < -0.3 is 5.11 Å². The van der Waals surface area contributed by atoms with Gasteiger partial charge in [0.15, 0.2) is 0 Å². The summed E-state index contributed by atoms with van der Waals surface area (Å²) in [6.07, 6.45) is 2.10. The van der Waals surface area contributed by atoms with E-state index in [0.29, 0.717) is 11.3 Å². The summed E-state index contributed by atoms with van der Waals surface area (Å²) in [4.78, 5) is 0.0992. The first kappa shape index (κ1) is 12.6. The molecule has 0 fully saturated rings. The van der Waals surface area contributed by atoms with E-state index in [-0.39, 0.29) is 4.90 Å². The van der Waals surface area contributed by atoms with E-state index in [9.17, 15) is 13.5 Å². The Morgan fingerprint density at radius 1 is 1.44 bits per heavy atom. The number of benzene rings is 1. The molecule has 1 aromatic heterocycles. The number of anilines is 1. The molecule has 2 aromatic rings. The van der Waals surface area contributed by atoms with Crippen LogP contribution in [0.2, 0.25) is 0 Å². The van der Waals surface area contributed by atoms with Crippen molar-refractivity contribution in [3.05, 3.63) is 42.2 Å². The molecule has 0 amide bonds. The lowest BCUT2D eigenvalue weighted by atomic mass is 10.1. The Morgan fingerprint density at radius 2 is 2.22 bits per heavy atom. The zero-order chi connectivity index (χ0) is 13.2. The van der Waals surface area contributed by atoms with E-state index in [1.165, 1.54) is 24.5 Å². The summed E-state index contributed by atoms with van der Waals surface area (Å²) in [5, 5.41) is 15.6. The Bertz CT molecular complexity index is 621. The third-order valence-corrected chi connectivity index (χ3v) is 3.78. The third-order valence-electron chi connectivity index (χ3n) is 2.40. The summed E-state index contributed by atoms with van der Waals surface area (Å²) in [5.41, 5.74) is 0.905. The van der Waals surface area contributed by atoms with Gasteiger partial charge in [-0.05, 0) is 24.6 Å². The number of aromatic nitrogens is 2. The number of aliphatic hydroxyl groups is 1. The number of hydrogen-bond acceptors (Lipinski definition) is 4. The second-order valence-electron chi connectivity index (χ2n) is 3.84. The molecular weight excluding hydrogens is 254 g/mol. The van der Waals surface area contributed by atoms with Gasteiger partial charge in [0.2, 0.25) is 0 Å². The van der Waals surface area contributed by atoms with E-state index in [1.54, 1.807) is 19.1 Å². The van der Waals surface area contributed by atoms with Gasteiger partial charge in [-0.15, -0.1) is 0 Å². The number of nitrogens with zero attached hydrogens (tertiary/aromatic N) is 1. The highest BCUT2D eigenvalue weighted by atomic mass is 32.2. The average Bonchev–Trinajstić information content (AvgIpc) is 2.81. The number of hydrogen-bond donors (Lipinski definition) is 3. The van der Waals surface area contributed by atoms with Gasteiger partial charge >= 0.3 is 0 Å². The average molecular weight is 267 g/mol. The Labute approximate surface area is 105 Å². The lowest BCUT2D eigenvalue weighted by Crippen LogP contribution is -2.12. The molecule has 0 aliphatic rings. The second kappa shape index (κ2) is 4.79. The molecule has 0 aliphatic carbocycles.